The van der Waals surface area contributed by atoms with Gasteiger partial charge in [-0.3, -0.25) is 4.98 Å². The molecule has 18 heavy (non-hydrogen) atoms. The van der Waals surface area contributed by atoms with Crippen molar-refractivity contribution >= 4 is 5.69 Å². The zero-order valence-corrected chi connectivity index (χ0v) is 10.3. The maximum atomic E-state index is 13.9. The molecule has 0 fully saturated rings. The van der Waals surface area contributed by atoms with E-state index >= 15 is 0 Å². The molecule has 1 aromatic carbocycles. The van der Waals surface area contributed by atoms with Crippen LogP contribution < -0.4 is 10.6 Å². The van der Waals surface area contributed by atoms with Gasteiger partial charge in [0.25, 0.3) is 0 Å². The molecule has 2 N–H and O–H groups in total. The van der Waals surface area contributed by atoms with Gasteiger partial charge in [-0.15, -0.1) is 0 Å². The van der Waals surface area contributed by atoms with Crippen molar-refractivity contribution in [3.8, 4) is 0 Å². The number of hydrogen-bond acceptors (Lipinski definition) is 3. The van der Waals surface area contributed by atoms with Gasteiger partial charge >= 0.3 is 0 Å². The van der Waals surface area contributed by atoms with Crippen molar-refractivity contribution in [2.24, 2.45) is 5.73 Å². The van der Waals surface area contributed by atoms with Crippen molar-refractivity contribution in [2.75, 3.05) is 11.9 Å². The molecular weight excluding hydrogens is 229 g/mol. The lowest BCUT2D eigenvalue weighted by Crippen LogP contribution is -2.20. The summed E-state index contributed by atoms with van der Waals surface area (Å²) in [5.74, 6) is -0.241. The van der Waals surface area contributed by atoms with Crippen molar-refractivity contribution in [3.05, 3.63) is 59.7 Å². The first kappa shape index (κ1) is 12.5. The van der Waals surface area contributed by atoms with Gasteiger partial charge in [-0.05, 0) is 29.3 Å². The number of halogens is 1. The van der Waals surface area contributed by atoms with Crippen LogP contribution in [-0.2, 0) is 13.1 Å². The first-order valence-electron chi connectivity index (χ1n) is 5.80. The Morgan fingerprint density at radius 1 is 1.22 bits per heavy atom. The zero-order valence-electron chi connectivity index (χ0n) is 10.3. The van der Waals surface area contributed by atoms with E-state index in [0.29, 0.717) is 18.8 Å². The van der Waals surface area contributed by atoms with Crippen molar-refractivity contribution in [3.63, 3.8) is 0 Å². The number of para-hydroxylation sites is 1. The number of nitrogens with zero attached hydrogens (tertiary/aromatic N) is 2. The van der Waals surface area contributed by atoms with E-state index in [2.05, 4.69) is 4.98 Å². The molecule has 4 heteroatoms. The molecule has 0 aliphatic rings. The van der Waals surface area contributed by atoms with Crippen LogP contribution in [0.1, 0.15) is 11.1 Å². The largest absolute Gasteiger partial charge is 0.368 e. The summed E-state index contributed by atoms with van der Waals surface area (Å²) < 4.78 is 13.9. The van der Waals surface area contributed by atoms with E-state index in [-0.39, 0.29) is 5.82 Å². The van der Waals surface area contributed by atoms with Crippen molar-refractivity contribution in [1.82, 2.24) is 4.98 Å². The second-order valence-corrected chi connectivity index (χ2v) is 4.16. The first-order chi connectivity index (χ1) is 8.72. The van der Waals surface area contributed by atoms with Crippen molar-refractivity contribution < 1.29 is 4.39 Å². The molecule has 2 aromatic rings. The van der Waals surface area contributed by atoms with Crippen LogP contribution in [0.2, 0.25) is 0 Å². The number of aromatic nitrogens is 1. The monoisotopic (exact) mass is 245 g/mol. The highest BCUT2D eigenvalue weighted by molar-refractivity contribution is 5.54. The summed E-state index contributed by atoms with van der Waals surface area (Å²) in [4.78, 5) is 5.83. The summed E-state index contributed by atoms with van der Waals surface area (Å²) in [7, 11) is 1.86. The van der Waals surface area contributed by atoms with Gasteiger partial charge in [0, 0.05) is 32.5 Å². The smallest absolute Gasteiger partial charge is 0.146 e. The Balaban J connectivity index is 2.26. The summed E-state index contributed by atoms with van der Waals surface area (Å²) in [6, 6.07) is 8.82. The molecule has 2 rings (SSSR count). The van der Waals surface area contributed by atoms with E-state index in [1.54, 1.807) is 18.5 Å². The topological polar surface area (TPSA) is 42.2 Å². The van der Waals surface area contributed by atoms with Crippen molar-refractivity contribution in [2.45, 2.75) is 13.1 Å². The molecule has 0 unspecified atom stereocenters. The predicted molar refractivity (Wildman–Crippen MR) is 70.6 cm³/mol. The first-order valence-corrected chi connectivity index (χ1v) is 5.80. The molecule has 0 atom stereocenters. The molecule has 0 radical (unpaired) electrons. The third-order valence-electron chi connectivity index (χ3n) is 2.84. The Labute approximate surface area is 106 Å². The lowest BCUT2D eigenvalue weighted by atomic mass is 10.1. The minimum atomic E-state index is -0.241. The Bertz CT molecular complexity index is 514. The number of hydrogen-bond donors (Lipinski definition) is 1. The van der Waals surface area contributed by atoms with Crippen LogP contribution in [0.3, 0.4) is 0 Å². The molecule has 0 aliphatic carbocycles. The summed E-state index contributed by atoms with van der Waals surface area (Å²) in [5, 5.41) is 0. The van der Waals surface area contributed by atoms with E-state index in [1.807, 2.05) is 30.1 Å². The quantitative estimate of drug-likeness (QED) is 0.898. The van der Waals surface area contributed by atoms with E-state index in [9.17, 15) is 4.39 Å². The van der Waals surface area contributed by atoms with E-state index in [1.165, 1.54) is 6.07 Å². The Morgan fingerprint density at radius 2 is 1.94 bits per heavy atom. The Hall–Kier alpha value is -1.94. The zero-order chi connectivity index (χ0) is 13.0. The summed E-state index contributed by atoms with van der Waals surface area (Å²) in [6.07, 6.45) is 3.46. The number of pyridine rings is 1. The molecule has 0 saturated heterocycles. The maximum absolute atomic E-state index is 13.9. The second-order valence-electron chi connectivity index (χ2n) is 4.16. The molecule has 1 aromatic heterocycles. The minimum Gasteiger partial charge on any atom is -0.368 e. The summed E-state index contributed by atoms with van der Waals surface area (Å²) in [6.45, 7) is 0.949. The molecule has 3 nitrogen and oxygen atoms in total. The second kappa shape index (κ2) is 5.60. The summed E-state index contributed by atoms with van der Waals surface area (Å²) >= 11 is 0. The van der Waals surface area contributed by atoms with Gasteiger partial charge < -0.3 is 10.6 Å². The van der Waals surface area contributed by atoms with Gasteiger partial charge in [0.15, 0.2) is 0 Å². The minimum absolute atomic E-state index is 0.241. The van der Waals surface area contributed by atoms with E-state index in [4.69, 9.17) is 5.73 Å². The van der Waals surface area contributed by atoms with Crippen LogP contribution in [0, 0.1) is 5.82 Å². The molecule has 0 spiro atoms. The van der Waals surface area contributed by atoms with E-state index < -0.39 is 0 Å². The van der Waals surface area contributed by atoms with Crippen molar-refractivity contribution in [1.29, 1.82) is 0 Å². The highest BCUT2D eigenvalue weighted by Gasteiger charge is 2.12. The number of benzene rings is 1. The fourth-order valence-corrected chi connectivity index (χ4v) is 1.99. The maximum Gasteiger partial charge on any atom is 0.146 e. The molecule has 94 valence electrons. The van der Waals surface area contributed by atoms with Crippen LogP contribution >= 0.6 is 0 Å². The predicted octanol–water partition coefficient (Wildman–Crippen LogP) is 2.32. The fraction of sp³-hybridized carbons (Fsp3) is 0.214. The number of anilines is 1. The highest BCUT2D eigenvalue weighted by atomic mass is 19.1. The van der Waals surface area contributed by atoms with Gasteiger partial charge in [-0.25, -0.2) is 4.39 Å². The molecule has 0 amide bonds. The molecule has 0 bridgehead atoms. The van der Waals surface area contributed by atoms with Crippen LogP contribution in [0.5, 0.6) is 0 Å². The fourth-order valence-electron chi connectivity index (χ4n) is 1.99. The highest BCUT2D eigenvalue weighted by Crippen LogP contribution is 2.24. The Morgan fingerprint density at radius 3 is 2.61 bits per heavy atom. The van der Waals surface area contributed by atoms with Gasteiger partial charge in [0.1, 0.15) is 5.82 Å². The molecule has 1 heterocycles. The van der Waals surface area contributed by atoms with Gasteiger partial charge in [0.05, 0.1) is 5.69 Å². The third kappa shape index (κ3) is 2.65. The third-order valence-corrected chi connectivity index (χ3v) is 2.84. The SMILES string of the molecule is CN(Cc1ccncc1)c1c(F)cccc1CN. The van der Waals surface area contributed by atoms with Gasteiger partial charge in [-0.2, -0.15) is 0 Å². The Kier molecular flexibility index (Phi) is 3.89. The normalized spacial score (nSPS) is 10.4. The van der Waals surface area contributed by atoms with Crippen LogP contribution in [0.25, 0.3) is 0 Å². The van der Waals surface area contributed by atoms with Gasteiger partial charge in [-0.1, -0.05) is 12.1 Å². The molecule has 0 saturated carbocycles. The number of nitrogens with two attached hydrogens (primary N) is 1. The summed E-state index contributed by atoms with van der Waals surface area (Å²) in [5.41, 5.74) is 8.11. The van der Waals surface area contributed by atoms with Crippen LogP contribution in [0.15, 0.2) is 42.7 Å². The molecular formula is C14H16FN3. The van der Waals surface area contributed by atoms with Crippen LogP contribution in [-0.4, -0.2) is 12.0 Å². The van der Waals surface area contributed by atoms with Gasteiger partial charge in [0.2, 0.25) is 0 Å². The van der Waals surface area contributed by atoms with Crippen LogP contribution in [0.4, 0.5) is 10.1 Å². The van der Waals surface area contributed by atoms with E-state index in [0.717, 1.165) is 11.1 Å². The average Bonchev–Trinajstić information content (AvgIpc) is 2.39. The number of rotatable bonds is 4. The molecule has 0 aliphatic heterocycles. The lowest BCUT2D eigenvalue weighted by molar-refractivity contribution is 0.619. The average molecular weight is 245 g/mol. The standard InChI is InChI=1S/C14H16FN3/c1-18(10-11-5-7-17-8-6-11)14-12(9-16)3-2-4-13(14)15/h2-8H,9-10,16H2,1H3. The lowest BCUT2D eigenvalue weighted by Gasteiger charge is -2.22.